The van der Waals surface area contributed by atoms with E-state index >= 15 is 0 Å². The van der Waals surface area contributed by atoms with Gasteiger partial charge in [-0.3, -0.25) is 14.4 Å². The first kappa shape index (κ1) is 27.4. The molecule has 1 N–H and O–H groups in total. The molecule has 1 aromatic carbocycles. The first-order valence-corrected chi connectivity index (χ1v) is 14.4. The van der Waals surface area contributed by atoms with Gasteiger partial charge in [-0.1, -0.05) is 36.1 Å². The molecule has 10 nitrogen and oxygen atoms in total. The molecule has 39 heavy (non-hydrogen) atoms. The van der Waals surface area contributed by atoms with E-state index in [4.69, 9.17) is 4.74 Å². The van der Waals surface area contributed by atoms with Crippen LogP contribution in [0.3, 0.4) is 0 Å². The molecular weight excluding hydrogens is 518 g/mol. The number of fused-ring (bicyclic) bond motifs is 2. The van der Waals surface area contributed by atoms with Crippen molar-refractivity contribution in [3.63, 3.8) is 0 Å². The number of carbonyl (C=O) groups excluding carboxylic acids is 3. The lowest BCUT2D eigenvalue weighted by Crippen LogP contribution is -2.55. The first-order chi connectivity index (χ1) is 19.0. The first-order valence-electron chi connectivity index (χ1n) is 13.5. The van der Waals surface area contributed by atoms with Crippen LogP contribution < -0.4 is 0 Å². The maximum atomic E-state index is 14.5. The molecule has 1 aromatic heterocycles. The van der Waals surface area contributed by atoms with E-state index in [1.54, 1.807) is 32.3 Å². The molecule has 5 rings (SSSR count). The highest BCUT2D eigenvalue weighted by Crippen LogP contribution is 2.66. The van der Waals surface area contributed by atoms with Gasteiger partial charge < -0.3 is 19.6 Å². The molecule has 2 unspecified atom stereocenters. The Balaban J connectivity index is 1.48. The van der Waals surface area contributed by atoms with Gasteiger partial charge in [0, 0.05) is 24.9 Å². The summed E-state index contributed by atoms with van der Waals surface area (Å²) in [5.74, 6) is -1.92. The van der Waals surface area contributed by atoms with Crippen molar-refractivity contribution in [3.05, 3.63) is 49.6 Å². The molecule has 0 aliphatic carbocycles. The van der Waals surface area contributed by atoms with Crippen LogP contribution in [-0.4, -0.2) is 90.0 Å². The zero-order valence-corrected chi connectivity index (χ0v) is 22.8. The Morgan fingerprint density at radius 3 is 2.82 bits per heavy atom. The third-order valence-corrected chi connectivity index (χ3v) is 10.0. The van der Waals surface area contributed by atoms with Crippen LogP contribution in [0.2, 0.25) is 0 Å². The summed E-state index contributed by atoms with van der Waals surface area (Å²) in [6, 6.07) is 6.84. The van der Waals surface area contributed by atoms with Gasteiger partial charge in [-0.2, -0.15) is 0 Å². The van der Waals surface area contributed by atoms with E-state index in [1.807, 2.05) is 24.3 Å². The summed E-state index contributed by atoms with van der Waals surface area (Å²) in [4.78, 5) is 45.0. The quantitative estimate of drug-likeness (QED) is 0.228. The predicted octanol–water partition coefficient (Wildman–Crippen LogP) is 2.39. The molecule has 2 amide bonds. The fraction of sp³-hybridized carbons (Fsp3) is 0.536. The Hall–Kier alpha value is -3.18. The van der Waals surface area contributed by atoms with Crippen LogP contribution in [0.15, 0.2) is 49.6 Å². The number of nitrogens with zero attached hydrogens (tertiary/aromatic N) is 5. The second-order valence-corrected chi connectivity index (χ2v) is 12.0. The van der Waals surface area contributed by atoms with Gasteiger partial charge in [0.05, 0.1) is 22.1 Å². The SMILES string of the molecule is C=CCOC(=O)[C@@H]1[C@H]2C(=O)N(CCCCCO)C(C(=O)N(CC=C)Cn3nnc4ccccc43)C23CC[C@H]1S3. The van der Waals surface area contributed by atoms with E-state index in [-0.39, 0.29) is 43.5 Å². The number of aliphatic hydroxyl groups is 1. The second-order valence-electron chi connectivity index (χ2n) is 10.4. The van der Waals surface area contributed by atoms with Gasteiger partial charge in [-0.25, -0.2) is 4.68 Å². The van der Waals surface area contributed by atoms with Gasteiger partial charge in [0.25, 0.3) is 0 Å². The molecule has 3 fully saturated rings. The molecule has 0 radical (unpaired) electrons. The zero-order valence-electron chi connectivity index (χ0n) is 22.0. The Bertz CT molecular complexity index is 1270. The van der Waals surface area contributed by atoms with Crippen molar-refractivity contribution in [2.75, 3.05) is 26.3 Å². The van der Waals surface area contributed by atoms with Gasteiger partial charge in [0.15, 0.2) is 0 Å². The van der Waals surface area contributed by atoms with E-state index in [9.17, 15) is 19.5 Å². The van der Waals surface area contributed by atoms with Crippen LogP contribution in [-0.2, 0) is 25.8 Å². The lowest BCUT2D eigenvalue weighted by molar-refractivity contribution is -0.153. The van der Waals surface area contributed by atoms with E-state index in [1.165, 1.54) is 6.08 Å². The Morgan fingerprint density at radius 1 is 1.23 bits per heavy atom. The maximum absolute atomic E-state index is 14.5. The zero-order chi connectivity index (χ0) is 27.6. The number of rotatable bonds is 13. The highest BCUT2D eigenvalue weighted by atomic mass is 32.2. The van der Waals surface area contributed by atoms with E-state index in [0.717, 1.165) is 23.9 Å². The molecule has 11 heteroatoms. The summed E-state index contributed by atoms with van der Waals surface area (Å²) >= 11 is 1.62. The Kier molecular flexibility index (Phi) is 8.08. The number of para-hydroxylation sites is 1. The van der Waals surface area contributed by atoms with Gasteiger partial charge in [-0.05, 0) is 44.2 Å². The summed E-state index contributed by atoms with van der Waals surface area (Å²) in [7, 11) is 0. The minimum Gasteiger partial charge on any atom is -0.461 e. The minimum absolute atomic E-state index is 0.0600. The number of ether oxygens (including phenoxy) is 1. The molecule has 208 valence electrons. The normalized spacial score (nSPS) is 27.1. The van der Waals surface area contributed by atoms with Crippen LogP contribution in [0.25, 0.3) is 11.0 Å². The molecule has 2 bridgehead atoms. The summed E-state index contributed by atoms with van der Waals surface area (Å²) in [6.45, 7) is 8.48. The third kappa shape index (κ3) is 4.75. The average molecular weight is 554 g/mol. The molecule has 4 heterocycles. The molecule has 3 saturated heterocycles. The molecule has 2 aromatic rings. The number of aromatic nitrogens is 3. The predicted molar refractivity (Wildman–Crippen MR) is 147 cm³/mol. The number of hydrogen-bond donors (Lipinski definition) is 1. The topological polar surface area (TPSA) is 118 Å². The van der Waals surface area contributed by atoms with Gasteiger partial charge in [0.1, 0.15) is 24.8 Å². The highest BCUT2D eigenvalue weighted by Gasteiger charge is 2.74. The fourth-order valence-corrected chi connectivity index (χ4v) is 8.68. The Labute approximate surface area is 232 Å². The summed E-state index contributed by atoms with van der Waals surface area (Å²) in [6.07, 6.45) is 6.65. The maximum Gasteiger partial charge on any atom is 0.311 e. The molecule has 3 aliphatic rings. The highest BCUT2D eigenvalue weighted by molar-refractivity contribution is 8.02. The van der Waals surface area contributed by atoms with Crippen molar-refractivity contribution in [1.82, 2.24) is 24.8 Å². The van der Waals surface area contributed by atoms with Crippen molar-refractivity contribution in [1.29, 1.82) is 0 Å². The Morgan fingerprint density at radius 2 is 2.05 bits per heavy atom. The lowest BCUT2D eigenvalue weighted by Gasteiger charge is -2.37. The van der Waals surface area contributed by atoms with Crippen LogP contribution in [0.1, 0.15) is 32.1 Å². The van der Waals surface area contributed by atoms with Crippen molar-refractivity contribution in [2.45, 2.75) is 54.8 Å². The van der Waals surface area contributed by atoms with Gasteiger partial charge >= 0.3 is 5.97 Å². The van der Waals surface area contributed by atoms with E-state index in [2.05, 4.69) is 23.5 Å². The number of aliphatic hydroxyl groups excluding tert-OH is 1. The number of esters is 1. The third-order valence-electron chi connectivity index (χ3n) is 8.09. The number of unbranched alkanes of at least 4 members (excludes halogenated alkanes) is 2. The average Bonchev–Trinajstić information content (AvgIpc) is 3.69. The van der Waals surface area contributed by atoms with Gasteiger partial charge in [0.2, 0.25) is 11.8 Å². The second kappa shape index (κ2) is 11.5. The van der Waals surface area contributed by atoms with Crippen molar-refractivity contribution in [3.8, 4) is 0 Å². The van der Waals surface area contributed by atoms with E-state index < -0.39 is 28.6 Å². The smallest absolute Gasteiger partial charge is 0.311 e. The van der Waals surface area contributed by atoms with Crippen LogP contribution in [0, 0.1) is 11.8 Å². The standard InChI is InChI=1S/C28H35N5O5S/c1-3-14-31(18-33-20-11-7-6-10-19(20)29-30-33)26(36)24-28-13-12-21(39-28)22(27(37)38-17-4-2)23(28)25(35)32(24)15-8-5-9-16-34/h3-4,6-7,10-11,21-24,34H,1-2,5,8-9,12-18H2/t21-,22+,23+,24?,28?/m1/s1. The summed E-state index contributed by atoms with van der Waals surface area (Å²) < 4.78 is 6.41. The fourth-order valence-electron chi connectivity index (χ4n) is 6.48. The molecule has 1 spiro atoms. The largest absolute Gasteiger partial charge is 0.461 e. The minimum atomic E-state index is -0.717. The monoisotopic (exact) mass is 553 g/mol. The van der Waals surface area contributed by atoms with Crippen molar-refractivity contribution in [2.24, 2.45) is 11.8 Å². The number of hydrogen-bond acceptors (Lipinski definition) is 8. The summed E-state index contributed by atoms with van der Waals surface area (Å²) in [5.41, 5.74) is 1.54. The number of benzene rings is 1. The lowest BCUT2D eigenvalue weighted by atomic mass is 9.71. The summed E-state index contributed by atoms with van der Waals surface area (Å²) in [5, 5.41) is 17.7. The van der Waals surface area contributed by atoms with Crippen LogP contribution >= 0.6 is 11.8 Å². The number of likely N-dealkylation sites (tertiary alicyclic amines) is 1. The molecule has 0 saturated carbocycles. The molecular formula is C28H35N5O5S. The van der Waals surface area contributed by atoms with Crippen molar-refractivity contribution < 1.29 is 24.2 Å². The van der Waals surface area contributed by atoms with Crippen LogP contribution in [0.5, 0.6) is 0 Å². The molecule has 5 atom stereocenters. The number of carbonyl (C=O) groups is 3. The van der Waals surface area contributed by atoms with Crippen molar-refractivity contribution >= 4 is 40.6 Å². The van der Waals surface area contributed by atoms with Gasteiger partial charge in [-0.15, -0.1) is 23.4 Å². The number of thioether (sulfide) groups is 1. The number of amides is 2. The molecule has 3 aliphatic heterocycles. The van der Waals surface area contributed by atoms with Crippen LogP contribution in [0.4, 0.5) is 0 Å². The van der Waals surface area contributed by atoms with E-state index in [0.29, 0.717) is 25.8 Å².